The Labute approximate surface area is 166 Å². The van der Waals surface area contributed by atoms with Gasteiger partial charge in [0.15, 0.2) is 0 Å². The number of carboxylic acid groups (broad SMARTS) is 1. The fraction of sp³-hybridized carbons (Fsp3) is 0.737. The lowest BCUT2D eigenvalue weighted by Crippen LogP contribution is -2.14. The number of ether oxygens (including phenoxy) is 4. The summed E-state index contributed by atoms with van der Waals surface area (Å²) in [6.45, 7) is 7.15. The molecule has 0 radical (unpaired) electrons. The first kappa shape index (κ1) is 24.2. The number of unbranched alkanes of at least 4 members (excludes halogenated alkanes) is 3. The molecule has 0 amide bonds. The van der Waals surface area contributed by atoms with Crippen LogP contribution in [-0.4, -0.2) is 78.9 Å². The van der Waals surface area contributed by atoms with Gasteiger partial charge in [-0.15, -0.1) is 11.7 Å². The van der Waals surface area contributed by atoms with Crippen molar-refractivity contribution in [3.63, 3.8) is 0 Å². The van der Waals surface area contributed by atoms with Gasteiger partial charge in [0.25, 0.3) is 0 Å². The number of nitrogens with zero attached hydrogens (tertiary/aromatic N) is 3. The van der Waals surface area contributed by atoms with E-state index in [1.165, 1.54) is 12.8 Å². The highest BCUT2D eigenvalue weighted by Crippen LogP contribution is 2.05. The smallest absolute Gasteiger partial charge is 0.329 e. The van der Waals surface area contributed by atoms with Gasteiger partial charge in [0.2, 0.25) is 0 Å². The molecule has 1 rings (SSSR count). The number of rotatable bonds is 20. The minimum Gasteiger partial charge on any atom is -0.480 e. The van der Waals surface area contributed by atoms with Gasteiger partial charge in [-0.1, -0.05) is 17.7 Å². The van der Waals surface area contributed by atoms with Crippen LogP contribution in [0.1, 0.15) is 31.4 Å². The highest BCUT2D eigenvalue weighted by atomic mass is 16.6. The van der Waals surface area contributed by atoms with Crippen LogP contribution >= 0.6 is 0 Å². The van der Waals surface area contributed by atoms with E-state index in [2.05, 4.69) is 16.9 Å². The van der Waals surface area contributed by atoms with E-state index in [1.807, 2.05) is 12.3 Å². The van der Waals surface area contributed by atoms with E-state index < -0.39 is 5.97 Å². The summed E-state index contributed by atoms with van der Waals surface area (Å²) in [5.41, 5.74) is 1.02. The highest BCUT2D eigenvalue weighted by molar-refractivity contribution is 5.67. The maximum atomic E-state index is 10.2. The SMILES string of the molecule is C=CCCCCCc1cn(CCOCCOCCOCCOCC(=O)O)nn1. The molecule has 9 nitrogen and oxygen atoms in total. The van der Waals surface area contributed by atoms with Crippen molar-refractivity contribution in [2.75, 3.05) is 52.9 Å². The van der Waals surface area contributed by atoms with Gasteiger partial charge in [0.1, 0.15) is 6.61 Å². The Morgan fingerprint density at radius 1 is 1.00 bits per heavy atom. The summed E-state index contributed by atoms with van der Waals surface area (Å²) >= 11 is 0. The maximum absolute atomic E-state index is 10.2. The van der Waals surface area contributed by atoms with Crippen molar-refractivity contribution in [3.05, 3.63) is 24.5 Å². The summed E-state index contributed by atoms with van der Waals surface area (Å²) in [5.74, 6) is -0.984. The number of allylic oxidation sites excluding steroid dienone is 1. The summed E-state index contributed by atoms with van der Waals surface area (Å²) in [6.07, 6.45) is 9.46. The van der Waals surface area contributed by atoms with Gasteiger partial charge in [-0.3, -0.25) is 0 Å². The Bertz CT molecular complexity index is 524. The lowest BCUT2D eigenvalue weighted by molar-refractivity contribution is -0.142. The second kappa shape index (κ2) is 17.3. The molecular formula is C19H33N3O6. The van der Waals surface area contributed by atoms with Crippen molar-refractivity contribution in [1.29, 1.82) is 0 Å². The van der Waals surface area contributed by atoms with Gasteiger partial charge in [0.05, 0.1) is 58.5 Å². The molecule has 0 atom stereocenters. The summed E-state index contributed by atoms with van der Waals surface area (Å²) in [7, 11) is 0. The van der Waals surface area contributed by atoms with Crippen LogP contribution in [0.3, 0.4) is 0 Å². The summed E-state index contributed by atoms with van der Waals surface area (Å²) in [6, 6.07) is 0. The van der Waals surface area contributed by atoms with Gasteiger partial charge in [-0.2, -0.15) is 0 Å². The second-order valence-electron chi connectivity index (χ2n) is 6.14. The Kier molecular flexibility index (Phi) is 15.0. The number of carboxylic acids is 1. The lowest BCUT2D eigenvalue weighted by atomic mass is 10.1. The van der Waals surface area contributed by atoms with Crippen LogP contribution in [0.4, 0.5) is 0 Å². The number of hydrogen-bond acceptors (Lipinski definition) is 7. The molecule has 0 bridgehead atoms. The molecule has 1 heterocycles. The Morgan fingerprint density at radius 3 is 2.29 bits per heavy atom. The van der Waals surface area contributed by atoms with Gasteiger partial charge in [-0.25, -0.2) is 9.48 Å². The number of aryl methyl sites for hydroxylation is 1. The van der Waals surface area contributed by atoms with Crippen LogP contribution in [0.15, 0.2) is 18.9 Å². The minimum atomic E-state index is -0.984. The van der Waals surface area contributed by atoms with Gasteiger partial charge in [-0.05, 0) is 25.7 Å². The molecule has 0 fully saturated rings. The number of aromatic nitrogens is 3. The average molecular weight is 399 g/mol. The van der Waals surface area contributed by atoms with Gasteiger partial charge in [0, 0.05) is 6.20 Å². The molecule has 0 saturated carbocycles. The zero-order valence-electron chi connectivity index (χ0n) is 16.6. The fourth-order valence-corrected chi connectivity index (χ4v) is 2.31. The summed E-state index contributed by atoms with van der Waals surface area (Å²) < 4.78 is 22.8. The van der Waals surface area contributed by atoms with E-state index in [-0.39, 0.29) is 13.2 Å². The summed E-state index contributed by atoms with van der Waals surface area (Å²) in [4.78, 5) is 10.2. The van der Waals surface area contributed by atoms with Gasteiger partial charge < -0.3 is 24.1 Å². The molecule has 0 spiro atoms. The molecule has 1 aromatic rings. The first-order valence-electron chi connectivity index (χ1n) is 9.75. The molecule has 160 valence electrons. The predicted molar refractivity (Wildman–Crippen MR) is 103 cm³/mol. The molecule has 0 unspecified atom stereocenters. The number of carbonyl (C=O) groups is 1. The first-order chi connectivity index (χ1) is 13.7. The van der Waals surface area contributed by atoms with Crippen molar-refractivity contribution in [2.24, 2.45) is 0 Å². The molecule has 28 heavy (non-hydrogen) atoms. The van der Waals surface area contributed by atoms with Crippen LogP contribution in [-0.2, 0) is 36.7 Å². The third-order valence-electron chi connectivity index (χ3n) is 3.73. The monoisotopic (exact) mass is 399 g/mol. The zero-order chi connectivity index (χ0) is 20.3. The van der Waals surface area contributed by atoms with E-state index in [0.717, 1.165) is 25.0 Å². The molecule has 0 saturated heterocycles. The Hall–Kier alpha value is -1.81. The zero-order valence-corrected chi connectivity index (χ0v) is 16.6. The first-order valence-corrected chi connectivity index (χ1v) is 9.75. The Morgan fingerprint density at radius 2 is 1.64 bits per heavy atom. The highest BCUT2D eigenvalue weighted by Gasteiger charge is 2.01. The van der Waals surface area contributed by atoms with Crippen LogP contribution in [0.25, 0.3) is 0 Å². The summed E-state index contributed by atoms with van der Waals surface area (Å²) in [5, 5.41) is 16.7. The van der Waals surface area contributed by atoms with E-state index >= 15 is 0 Å². The average Bonchev–Trinajstić information content (AvgIpc) is 3.13. The molecule has 1 aromatic heterocycles. The molecule has 9 heteroatoms. The van der Waals surface area contributed by atoms with Crippen molar-refractivity contribution in [1.82, 2.24) is 15.0 Å². The second-order valence-corrected chi connectivity index (χ2v) is 6.14. The van der Waals surface area contributed by atoms with Crippen LogP contribution in [0.2, 0.25) is 0 Å². The van der Waals surface area contributed by atoms with E-state index in [9.17, 15) is 4.79 Å². The van der Waals surface area contributed by atoms with Crippen molar-refractivity contribution < 1.29 is 28.8 Å². The molecule has 0 aliphatic rings. The van der Waals surface area contributed by atoms with Crippen LogP contribution in [0, 0.1) is 0 Å². The third-order valence-corrected chi connectivity index (χ3v) is 3.73. The van der Waals surface area contributed by atoms with Crippen molar-refractivity contribution in [3.8, 4) is 0 Å². The number of aliphatic carboxylic acids is 1. The van der Waals surface area contributed by atoms with Crippen LogP contribution in [0.5, 0.6) is 0 Å². The van der Waals surface area contributed by atoms with E-state index in [1.54, 1.807) is 4.68 Å². The molecule has 0 aliphatic carbocycles. The standard InChI is InChI=1S/C19H33N3O6/c1-2-3-4-5-6-7-18-16-22(21-20-18)8-9-25-10-11-26-12-13-27-14-15-28-17-19(23)24/h2,16H,1,3-15,17H2,(H,23,24). The molecule has 0 aliphatic heterocycles. The number of hydrogen-bond donors (Lipinski definition) is 1. The van der Waals surface area contributed by atoms with Gasteiger partial charge >= 0.3 is 5.97 Å². The van der Waals surface area contributed by atoms with Crippen molar-refractivity contribution >= 4 is 5.97 Å². The molecule has 1 N–H and O–H groups in total. The Balaban J connectivity index is 1.86. The topological polar surface area (TPSA) is 105 Å². The largest absolute Gasteiger partial charge is 0.480 e. The molecular weight excluding hydrogens is 366 g/mol. The van der Waals surface area contributed by atoms with Crippen LogP contribution < -0.4 is 0 Å². The third kappa shape index (κ3) is 14.3. The molecule has 0 aromatic carbocycles. The lowest BCUT2D eigenvalue weighted by Gasteiger charge is -2.07. The fourth-order valence-electron chi connectivity index (χ4n) is 2.31. The normalized spacial score (nSPS) is 11.0. The predicted octanol–water partition coefficient (Wildman–Crippen LogP) is 1.72. The van der Waals surface area contributed by atoms with E-state index in [4.69, 9.17) is 24.1 Å². The van der Waals surface area contributed by atoms with Crippen molar-refractivity contribution in [2.45, 2.75) is 38.6 Å². The minimum absolute atomic E-state index is 0.259. The maximum Gasteiger partial charge on any atom is 0.329 e. The van der Waals surface area contributed by atoms with E-state index in [0.29, 0.717) is 46.2 Å². The quantitative estimate of drug-likeness (QED) is 0.261.